The number of fused-ring (bicyclic) bond motifs is 1. The fraction of sp³-hybridized carbons (Fsp3) is 0.423. The Labute approximate surface area is 198 Å². The fourth-order valence-electron chi connectivity index (χ4n) is 4.76. The lowest BCUT2D eigenvalue weighted by Crippen LogP contribution is -2.42. The van der Waals surface area contributed by atoms with Crippen LogP contribution in [0.5, 0.6) is 5.75 Å². The number of benzene rings is 2. The number of methoxy groups -OCH3 is 1. The lowest BCUT2D eigenvalue weighted by Gasteiger charge is -2.38. The van der Waals surface area contributed by atoms with Crippen molar-refractivity contribution in [2.45, 2.75) is 25.0 Å². The van der Waals surface area contributed by atoms with Gasteiger partial charge in [-0.1, -0.05) is 18.2 Å². The number of carbonyl (C=O) groups excluding carboxylic acids is 1. The van der Waals surface area contributed by atoms with Crippen molar-refractivity contribution < 1.29 is 19.1 Å². The van der Waals surface area contributed by atoms with Crippen LogP contribution in [0, 0.1) is 0 Å². The average Bonchev–Trinajstić information content (AvgIpc) is 3.29. The predicted molar refractivity (Wildman–Crippen MR) is 131 cm³/mol. The Morgan fingerprint density at radius 2 is 1.88 bits per heavy atom. The quantitative estimate of drug-likeness (QED) is 0.610. The van der Waals surface area contributed by atoms with Crippen molar-refractivity contribution in [3.05, 3.63) is 65.4 Å². The SMILES string of the molecule is COc1cccc(CN2CCC(O)(c3ccc4oc(C(=O)N5CCSCC5)cc4c3)CC2)c1. The minimum atomic E-state index is -0.870. The molecule has 2 saturated heterocycles. The average molecular weight is 467 g/mol. The molecule has 2 aliphatic rings. The normalized spacial score (nSPS) is 19.0. The highest BCUT2D eigenvalue weighted by molar-refractivity contribution is 7.99. The maximum absolute atomic E-state index is 12.8. The minimum Gasteiger partial charge on any atom is -0.497 e. The molecule has 5 rings (SSSR count). The van der Waals surface area contributed by atoms with Gasteiger partial charge >= 0.3 is 0 Å². The predicted octanol–water partition coefficient (Wildman–Crippen LogP) is 4.11. The minimum absolute atomic E-state index is 0.0439. The molecule has 0 saturated carbocycles. The van der Waals surface area contributed by atoms with Crippen LogP contribution in [0.2, 0.25) is 0 Å². The summed E-state index contributed by atoms with van der Waals surface area (Å²) >= 11 is 1.87. The standard InChI is InChI=1S/C26H30N2O4S/c1-31-22-4-2-3-19(15-22)18-27-9-7-26(30,8-10-27)21-5-6-23-20(16-21)17-24(32-23)25(29)28-11-13-33-14-12-28/h2-6,15-17,30H,7-14,18H2,1H3. The van der Waals surface area contributed by atoms with Gasteiger partial charge in [-0.2, -0.15) is 11.8 Å². The molecule has 1 amide bonds. The van der Waals surface area contributed by atoms with E-state index in [0.717, 1.165) is 60.9 Å². The van der Waals surface area contributed by atoms with Gasteiger partial charge in [-0.15, -0.1) is 0 Å². The first-order valence-corrected chi connectivity index (χ1v) is 12.7. The number of likely N-dealkylation sites (tertiary alicyclic amines) is 1. The summed E-state index contributed by atoms with van der Waals surface area (Å²) in [5.74, 6) is 3.15. The zero-order valence-corrected chi connectivity index (χ0v) is 19.8. The van der Waals surface area contributed by atoms with Crippen LogP contribution in [0.15, 0.2) is 52.9 Å². The Hall–Kier alpha value is -2.48. The summed E-state index contributed by atoms with van der Waals surface area (Å²) in [5, 5.41) is 12.3. The van der Waals surface area contributed by atoms with E-state index in [0.29, 0.717) is 24.2 Å². The Balaban J connectivity index is 1.27. The molecule has 0 aliphatic carbocycles. The summed E-state index contributed by atoms with van der Waals surface area (Å²) in [6, 6.07) is 15.8. The van der Waals surface area contributed by atoms with E-state index in [2.05, 4.69) is 17.0 Å². The number of furan rings is 1. The lowest BCUT2D eigenvalue weighted by atomic mass is 9.84. The Kier molecular flexibility index (Phi) is 6.36. The first-order chi connectivity index (χ1) is 16.0. The van der Waals surface area contributed by atoms with Gasteiger partial charge in [0.1, 0.15) is 11.3 Å². The Bertz CT molecular complexity index is 1130. The van der Waals surface area contributed by atoms with Gasteiger partial charge in [0.05, 0.1) is 12.7 Å². The number of hydrogen-bond donors (Lipinski definition) is 1. The maximum atomic E-state index is 12.8. The molecule has 0 spiro atoms. The van der Waals surface area contributed by atoms with Crippen LogP contribution >= 0.6 is 11.8 Å². The molecule has 2 aromatic carbocycles. The topological polar surface area (TPSA) is 66.2 Å². The van der Waals surface area contributed by atoms with Crippen molar-refractivity contribution in [3.63, 3.8) is 0 Å². The van der Waals surface area contributed by atoms with Crippen molar-refractivity contribution >= 4 is 28.6 Å². The summed E-state index contributed by atoms with van der Waals surface area (Å²) in [6.07, 6.45) is 1.33. The summed E-state index contributed by atoms with van der Waals surface area (Å²) in [6.45, 7) is 3.99. The number of thioether (sulfide) groups is 1. The van der Waals surface area contributed by atoms with Gasteiger partial charge in [-0.3, -0.25) is 9.69 Å². The summed E-state index contributed by atoms with van der Waals surface area (Å²) < 4.78 is 11.2. The van der Waals surface area contributed by atoms with Gasteiger partial charge in [-0.25, -0.2) is 0 Å². The highest BCUT2D eigenvalue weighted by Crippen LogP contribution is 2.35. The van der Waals surface area contributed by atoms with Crippen LogP contribution in [0.4, 0.5) is 0 Å². The lowest BCUT2D eigenvalue weighted by molar-refractivity contribution is -0.0276. The molecule has 1 N–H and O–H groups in total. The van der Waals surface area contributed by atoms with E-state index >= 15 is 0 Å². The summed E-state index contributed by atoms with van der Waals surface area (Å²) in [4.78, 5) is 17.0. The van der Waals surface area contributed by atoms with E-state index in [9.17, 15) is 9.90 Å². The molecular weight excluding hydrogens is 436 g/mol. The third-order valence-electron chi connectivity index (χ3n) is 6.79. The monoisotopic (exact) mass is 466 g/mol. The molecule has 0 bridgehead atoms. The highest BCUT2D eigenvalue weighted by atomic mass is 32.2. The second-order valence-electron chi connectivity index (χ2n) is 8.93. The van der Waals surface area contributed by atoms with Crippen molar-refractivity contribution in [2.24, 2.45) is 0 Å². The van der Waals surface area contributed by atoms with Crippen LogP contribution in [-0.4, -0.2) is 65.6 Å². The van der Waals surface area contributed by atoms with E-state index in [1.165, 1.54) is 5.56 Å². The highest BCUT2D eigenvalue weighted by Gasteiger charge is 2.34. The number of carbonyl (C=O) groups is 1. The van der Waals surface area contributed by atoms with E-state index in [1.807, 2.05) is 53.1 Å². The Morgan fingerprint density at radius 1 is 1.09 bits per heavy atom. The van der Waals surface area contributed by atoms with Crippen molar-refractivity contribution in [2.75, 3.05) is 44.8 Å². The first-order valence-electron chi connectivity index (χ1n) is 11.5. The fourth-order valence-corrected chi connectivity index (χ4v) is 5.66. The summed E-state index contributed by atoms with van der Waals surface area (Å²) in [7, 11) is 1.68. The number of amides is 1. The number of piperidine rings is 1. The van der Waals surface area contributed by atoms with Gasteiger partial charge < -0.3 is 19.2 Å². The molecule has 3 heterocycles. The van der Waals surface area contributed by atoms with Gasteiger partial charge in [0.25, 0.3) is 5.91 Å². The van der Waals surface area contributed by atoms with Crippen molar-refractivity contribution in [3.8, 4) is 5.75 Å². The number of ether oxygens (including phenoxy) is 1. The van der Waals surface area contributed by atoms with Crippen LogP contribution in [0.1, 0.15) is 34.5 Å². The van der Waals surface area contributed by atoms with E-state index in [4.69, 9.17) is 9.15 Å². The van der Waals surface area contributed by atoms with Gasteiger partial charge in [-0.05, 0) is 54.3 Å². The third kappa shape index (κ3) is 4.76. The van der Waals surface area contributed by atoms with Gasteiger partial charge in [0.15, 0.2) is 5.76 Å². The zero-order valence-electron chi connectivity index (χ0n) is 19.0. The second-order valence-corrected chi connectivity index (χ2v) is 10.2. The molecular formula is C26H30N2O4S. The molecule has 3 aromatic rings. The van der Waals surface area contributed by atoms with Crippen LogP contribution < -0.4 is 4.74 Å². The Morgan fingerprint density at radius 3 is 2.64 bits per heavy atom. The smallest absolute Gasteiger partial charge is 0.289 e. The number of nitrogens with zero attached hydrogens (tertiary/aromatic N) is 2. The molecule has 7 heteroatoms. The number of hydrogen-bond acceptors (Lipinski definition) is 6. The van der Waals surface area contributed by atoms with Gasteiger partial charge in [0.2, 0.25) is 0 Å². The molecule has 1 aromatic heterocycles. The first kappa shape index (κ1) is 22.3. The zero-order chi connectivity index (χ0) is 22.8. The second kappa shape index (κ2) is 9.41. The molecule has 0 radical (unpaired) electrons. The maximum Gasteiger partial charge on any atom is 0.289 e. The third-order valence-corrected chi connectivity index (χ3v) is 7.73. The molecule has 33 heavy (non-hydrogen) atoms. The molecule has 0 atom stereocenters. The molecule has 174 valence electrons. The van der Waals surface area contributed by atoms with Gasteiger partial charge in [0, 0.05) is 49.6 Å². The summed E-state index contributed by atoms with van der Waals surface area (Å²) in [5.41, 5.74) is 1.92. The van der Waals surface area contributed by atoms with Crippen LogP contribution in [0.25, 0.3) is 11.0 Å². The largest absolute Gasteiger partial charge is 0.497 e. The number of aliphatic hydroxyl groups is 1. The van der Waals surface area contributed by atoms with E-state index in [-0.39, 0.29) is 5.91 Å². The molecule has 2 fully saturated rings. The van der Waals surface area contributed by atoms with Crippen LogP contribution in [0.3, 0.4) is 0 Å². The van der Waals surface area contributed by atoms with E-state index in [1.54, 1.807) is 7.11 Å². The van der Waals surface area contributed by atoms with Crippen molar-refractivity contribution in [1.29, 1.82) is 0 Å². The van der Waals surface area contributed by atoms with E-state index < -0.39 is 5.60 Å². The molecule has 0 unspecified atom stereocenters. The van der Waals surface area contributed by atoms with Crippen molar-refractivity contribution in [1.82, 2.24) is 9.80 Å². The number of rotatable bonds is 5. The molecule has 6 nitrogen and oxygen atoms in total. The van der Waals surface area contributed by atoms with Crippen LogP contribution in [-0.2, 0) is 12.1 Å². The molecule has 2 aliphatic heterocycles.